The molecule has 1 unspecified atom stereocenters. The molecule has 0 fully saturated rings. The summed E-state index contributed by atoms with van der Waals surface area (Å²) >= 11 is 6.14. The number of pyridine rings is 1. The van der Waals surface area contributed by atoms with E-state index in [-0.39, 0.29) is 0 Å². The van der Waals surface area contributed by atoms with Gasteiger partial charge < -0.3 is 10.4 Å². The summed E-state index contributed by atoms with van der Waals surface area (Å²) in [5.41, 5.74) is 3.20. The van der Waals surface area contributed by atoms with Gasteiger partial charge in [-0.1, -0.05) is 35.9 Å². The van der Waals surface area contributed by atoms with E-state index in [0.717, 1.165) is 11.3 Å². The fourth-order valence-electron chi connectivity index (χ4n) is 2.46. The molecule has 128 valence electrons. The minimum Gasteiger partial charge on any atom is -0.387 e. The summed E-state index contributed by atoms with van der Waals surface area (Å²) < 4.78 is 0. The first kappa shape index (κ1) is 17.3. The van der Waals surface area contributed by atoms with Crippen LogP contribution >= 0.6 is 11.6 Å². The topological polar surface area (TPSA) is 70.9 Å². The molecule has 5 nitrogen and oxygen atoms in total. The molecule has 2 aromatic heterocycles. The molecule has 0 bridgehead atoms. The second-order valence-corrected chi connectivity index (χ2v) is 6.15. The largest absolute Gasteiger partial charge is 0.387 e. The highest BCUT2D eigenvalue weighted by atomic mass is 35.5. The van der Waals surface area contributed by atoms with Gasteiger partial charge in [0.25, 0.3) is 0 Å². The number of hydrogen-bond donors (Lipinski definition) is 2. The third-order valence-electron chi connectivity index (χ3n) is 4.01. The lowest BCUT2D eigenvalue weighted by Crippen LogP contribution is -2.15. The number of hydrogen-bond acceptors (Lipinski definition) is 5. The number of aliphatic hydroxyl groups excluding tert-OH is 1. The Kier molecular flexibility index (Phi) is 5.26. The highest BCUT2D eigenvalue weighted by molar-refractivity contribution is 6.31. The molecule has 0 radical (unpaired) electrons. The first-order chi connectivity index (χ1) is 12.1. The maximum absolute atomic E-state index is 10.4. The SMILES string of the molecule is Cc1nc(-c2ccccn2)nc(NCC(O)c2ccccc2Cl)c1C. The summed E-state index contributed by atoms with van der Waals surface area (Å²) in [5, 5.41) is 14.2. The van der Waals surface area contributed by atoms with E-state index >= 15 is 0 Å². The number of rotatable bonds is 5. The van der Waals surface area contributed by atoms with E-state index in [0.29, 0.717) is 34.5 Å². The molecule has 2 N–H and O–H groups in total. The minimum atomic E-state index is -0.735. The molecule has 0 saturated carbocycles. The summed E-state index contributed by atoms with van der Waals surface area (Å²) in [4.78, 5) is 13.4. The fourth-order valence-corrected chi connectivity index (χ4v) is 2.72. The molecular formula is C19H19ClN4O. The standard InChI is InChI=1S/C19H19ClN4O/c1-12-13(2)23-19(16-9-5-6-10-21-16)24-18(12)22-11-17(25)14-7-3-4-8-15(14)20/h3-10,17,25H,11H2,1-2H3,(H,22,23,24). The first-order valence-corrected chi connectivity index (χ1v) is 8.37. The number of aromatic nitrogens is 3. The predicted octanol–water partition coefficient (Wildman–Crippen LogP) is 3.95. The van der Waals surface area contributed by atoms with Crippen molar-refractivity contribution >= 4 is 17.4 Å². The fraction of sp³-hybridized carbons (Fsp3) is 0.211. The third-order valence-corrected chi connectivity index (χ3v) is 4.35. The van der Waals surface area contributed by atoms with Gasteiger partial charge in [0.15, 0.2) is 5.82 Å². The number of anilines is 1. The van der Waals surface area contributed by atoms with Crippen molar-refractivity contribution in [2.75, 3.05) is 11.9 Å². The zero-order chi connectivity index (χ0) is 17.8. The number of aliphatic hydroxyl groups is 1. The Bertz CT molecular complexity index is 871. The Balaban J connectivity index is 1.83. The Labute approximate surface area is 151 Å². The van der Waals surface area contributed by atoms with Crippen LogP contribution < -0.4 is 5.32 Å². The molecule has 0 aliphatic rings. The van der Waals surface area contributed by atoms with Gasteiger partial charge in [-0.3, -0.25) is 4.98 Å². The van der Waals surface area contributed by atoms with Crippen LogP contribution in [-0.4, -0.2) is 26.6 Å². The van der Waals surface area contributed by atoms with Gasteiger partial charge in [0.1, 0.15) is 11.5 Å². The lowest BCUT2D eigenvalue weighted by atomic mass is 10.1. The first-order valence-electron chi connectivity index (χ1n) is 7.99. The molecule has 0 amide bonds. The van der Waals surface area contributed by atoms with Crippen molar-refractivity contribution in [2.24, 2.45) is 0 Å². The molecule has 3 aromatic rings. The van der Waals surface area contributed by atoms with Crippen LogP contribution in [0.1, 0.15) is 22.9 Å². The zero-order valence-electron chi connectivity index (χ0n) is 14.1. The van der Waals surface area contributed by atoms with E-state index in [1.807, 2.05) is 50.2 Å². The molecule has 0 aliphatic heterocycles. The quantitative estimate of drug-likeness (QED) is 0.725. The number of nitrogens with one attached hydrogen (secondary N) is 1. The molecule has 0 saturated heterocycles. The Morgan fingerprint density at radius 3 is 2.56 bits per heavy atom. The molecule has 0 spiro atoms. The molecule has 2 heterocycles. The summed E-state index contributed by atoms with van der Waals surface area (Å²) in [5.74, 6) is 1.23. The Morgan fingerprint density at radius 2 is 1.84 bits per heavy atom. The molecule has 6 heteroatoms. The van der Waals surface area contributed by atoms with Gasteiger partial charge in [0, 0.05) is 34.6 Å². The predicted molar refractivity (Wildman–Crippen MR) is 99.6 cm³/mol. The van der Waals surface area contributed by atoms with Crippen molar-refractivity contribution in [3.63, 3.8) is 0 Å². The van der Waals surface area contributed by atoms with Crippen molar-refractivity contribution in [1.82, 2.24) is 15.0 Å². The van der Waals surface area contributed by atoms with Crippen LogP contribution in [0.25, 0.3) is 11.5 Å². The molecule has 3 rings (SSSR count). The highest BCUT2D eigenvalue weighted by Gasteiger charge is 2.14. The van der Waals surface area contributed by atoms with Gasteiger partial charge in [-0.2, -0.15) is 0 Å². The summed E-state index contributed by atoms with van der Waals surface area (Å²) in [6.07, 6.45) is 0.976. The van der Waals surface area contributed by atoms with E-state index in [1.54, 1.807) is 12.3 Å². The van der Waals surface area contributed by atoms with Crippen LogP contribution in [0.15, 0.2) is 48.7 Å². The summed E-state index contributed by atoms with van der Waals surface area (Å²) in [6.45, 7) is 4.17. The van der Waals surface area contributed by atoms with Crippen molar-refractivity contribution in [3.8, 4) is 11.5 Å². The van der Waals surface area contributed by atoms with Crippen LogP contribution in [0.2, 0.25) is 5.02 Å². The van der Waals surface area contributed by atoms with Crippen LogP contribution in [0, 0.1) is 13.8 Å². The van der Waals surface area contributed by atoms with Crippen molar-refractivity contribution < 1.29 is 5.11 Å². The van der Waals surface area contributed by atoms with Gasteiger partial charge in [-0.05, 0) is 32.0 Å². The van der Waals surface area contributed by atoms with Gasteiger partial charge in [0.2, 0.25) is 0 Å². The van der Waals surface area contributed by atoms with Gasteiger partial charge in [-0.25, -0.2) is 9.97 Å². The average Bonchev–Trinajstić information content (AvgIpc) is 2.63. The van der Waals surface area contributed by atoms with Gasteiger partial charge in [-0.15, -0.1) is 0 Å². The zero-order valence-corrected chi connectivity index (χ0v) is 14.8. The van der Waals surface area contributed by atoms with Crippen molar-refractivity contribution in [1.29, 1.82) is 0 Å². The molecule has 1 atom stereocenters. The molecule has 25 heavy (non-hydrogen) atoms. The number of aryl methyl sites for hydroxylation is 1. The normalized spacial score (nSPS) is 12.0. The smallest absolute Gasteiger partial charge is 0.180 e. The molecule has 1 aromatic carbocycles. The Hall–Kier alpha value is -2.50. The average molecular weight is 355 g/mol. The van der Waals surface area contributed by atoms with E-state index in [1.165, 1.54) is 0 Å². The maximum atomic E-state index is 10.4. The lowest BCUT2D eigenvalue weighted by molar-refractivity contribution is 0.191. The second-order valence-electron chi connectivity index (χ2n) is 5.74. The van der Waals surface area contributed by atoms with Crippen LogP contribution in [0.4, 0.5) is 5.82 Å². The van der Waals surface area contributed by atoms with Gasteiger partial charge >= 0.3 is 0 Å². The number of benzene rings is 1. The second kappa shape index (κ2) is 7.59. The van der Waals surface area contributed by atoms with Crippen LogP contribution in [-0.2, 0) is 0 Å². The monoisotopic (exact) mass is 354 g/mol. The maximum Gasteiger partial charge on any atom is 0.180 e. The van der Waals surface area contributed by atoms with Crippen LogP contribution in [0.5, 0.6) is 0 Å². The number of nitrogens with zero attached hydrogens (tertiary/aromatic N) is 3. The van der Waals surface area contributed by atoms with Crippen molar-refractivity contribution in [2.45, 2.75) is 20.0 Å². The third kappa shape index (κ3) is 3.95. The summed E-state index contributed by atoms with van der Waals surface area (Å²) in [7, 11) is 0. The van der Waals surface area contributed by atoms with E-state index in [4.69, 9.17) is 11.6 Å². The van der Waals surface area contributed by atoms with E-state index < -0.39 is 6.10 Å². The van der Waals surface area contributed by atoms with E-state index in [2.05, 4.69) is 20.3 Å². The number of halogens is 1. The summed E-state index contributed by atoms with van der Waals surface area (Å²) in [6, 6.07) is 12.9. The van der Waals surface area contributed by atoms with Crippen molar-refractivity contribution in [3.05, 3.63) is 70.5 Å². The molecular weight excluding hydrogens is 336 g/mol. The van der Waals surface area contributed by atoms with E-state index in [9.17, 15) is 5.11 Å². The van der Waals surface area contributed by atoms with Crippen LogP contribution in [0.3, 0.4) is 0 Å². The Morgan fingerprint density at radius 1 is 1.08 bits per heavy atom. The van der Waals surface area contributed by atoms with Gasteiger partial charge in [0.05, 0.1) is 6.10 Å². The lowest BCUT2D eigenvalue weighted by Gasteiger charge is -2.16. The minimum absolute atomic E-state index is 0.294. The molecule has 0 aliphatic carbocycles. The highest BCUT2D eigenvalue weighted by Crippen LogP contribution is 2.24.